The van der Waals surface area contributed by atoms with Crippen molar-refractivity contribution in [3.05, 3.63) is 42.0 Å². The Morgan fingerprint density at radius 3 is 2.74 bits per heavy atom. The number of hydrogen-bond acceptors (Lipinski definition) is 3. The molecule has 3 nitrogen and oxygen atoms in total. The topological polar surface area (TPSA) is 35.5 Å². The van der Waals surface area contributed by atoms with Crippen molar-refractivity contribution >= 4 is 11.4 Å². The van der Waals surface area contributed by atoms with E-state index in [0.29, 0.717) is 5.92 Å². The number of carbonyl (C=O) groups excluding carboxylic acids is 1. The lowest BCUT2D eigenvalue weighted by atomic mass is 9.84. The number of carbonyl (C=O) groups is 1. The minimum Gasteiger partial charge on any atom is -0.359 e. The number of benzene rings is 1. The molecule has 3 heteroatoms. The molecule has 100 valence electrons. The van der Waals surface area contributed by atoms with E-state index in [1.54, 1.807) is 7.11 Å². The van der Waals surface area contributed by atoms with Crippen molar-refractivity contribution in [1.82, 2.24) is 0 Å². The molecule has 2 aliphatic rings. The van der Waals surface area contributed by atoms with Crippen molar-refractivity contribution in [3.8, 4) is 0 Å². The van der Waals surface area contributed by atoms with Crippen LogP contribution in [0.2, 0.25) is 0 Å². The van der Waals surface area contributed by atoms with Gasteiger partial charge in [0.1, 0.15) is 6.79 Å². The molecule has 0 heterocycles. The number of ether oxygens (including phenoxy) is 2. The number of ketones is 1. The SMILES string of the molecule is COCO[C@@H]1C[C@H]2C[C@@H]1C(=O)C=C2c1ccccc1. The minimum absolute atomic E-state index is 0.00918. The Hall–Kier alpha value is -1.45. The van der Waals surface area contributed by atoms with Crippen molar-refractivity contribution in [1.29, 1.82) is 0 Å². The summed E-state index contributed by atoms with van der Waals surface area (Å²) in [5.41, 5.74) is 2.33. The van der Waals surface area contributed by atoms with Crippen LogP contribution in [0.4, 0.5) is 0 Å². The van der Waals surface area contributed by atoms with Crippen LogP contribution in [0, 0.1) is 11.8 Å². The molecule has 0 aliphatic heterocycles. The van der Waals surface area contributed by atoms with E-state index in [-0.39, 0.29) is 24.6 Å². The second-order valence-corrected chi connectivity index (χ2v) is 5.25. The third-order valence-corrected chi connectivity index (χ3v) is 4.11. The van der Waals surface area contributed by atoms with Gasteiger partial charge in [0.25, 0.3) is 0 Å². The standard InChI is InChI=1S/C16H18O3/c1-18-10-19-16-8-12-7-14(16)15(17)9-13(12)11-5-3-2-4-6-11/h2-6,9,12,14,16H,7-8,10H2,1H3/t12-,14-,16-/m1/s1. The van der Waals surface area contributed by atoms with Gasteiger partial charge in [-0.25, -0.2) is 0 Å². The van der Waals surface area contributed by atoms with Gasteiger partial charge in [-0.3, -0.25) is 4.79 Å². The Labute approximate surface area is 113 Å². The Bertz CT molecular complexity index is 492. The van der Waals surface area contributed by atoms with E-state index in [4.69, 9.17) is 9.47 Å². The summed E-state index contributed by atoms with van der Waals surface area (Å²) in [7, 11) is 1.61. The van der Waals surface area contributed by atoms with Crippen molar-refractivity contribution in [2.75, 3.05) is 13.9 Å². The zero-order valence-corrected chi connectivity index (χ0v) is 11.0. The van der Waals surface area contributed by atoms with Crippen LogP contribution in [0.1, 0.15) is 18.4 Å². The summed E-state index contributed by atoms with van der Waals surface area (Å²) in [5, 5.41) is 0. The van der Waals surface area contributed by atoms with Crippen molar-refractivity contribution in [2.24, 2.45) is 11.8 Å². The molecule has 0 amide bonds. The molecule has 3 rings (SSSR count). The molecule has 19 heavy (non-hydrogen) atoms. The fourth-order valence-corrected chi connectivity index (χ4v) is 3.22. The highest BCUT2D eigenvalue weighted by Crippen LogP contribution is 2.45. The molecule has 1 aromatic carbocycles. The molecule has 1 saturated carbocycles. The Morgan fingerprint density at radius 2 is 2.00 bits per heavy atom. The first-order valence-electron chi connectivity index (χ1n) is 6.71. The van der Waals surface area contributed by atoms with Gasteiger partial charge in [-0.2, -0.15) is 0 Å². The van der Waals surface area contributed by atoms with Gasteiger partial charge in [0.2, 0.25) is 0 Å². The summed E-state index contributed by atoms with van der Waals surface area (Å²) in [6.45, 7) is 0.266. The van der Waals surface area contributed by atoms with Crippen LogP contribution >= 0.6 is 0 Å². The summed E-state index contributed by atoms with van der Waals surface area (Å²) in [6, 6.07) is 10.2. The summed E-state index contributed by atoms with van der Waals surface area (Å²) in [6.07, 6.45) is 3.66. The van der Waals surface area contributed by atoms with Crippen LogP contribution < -0.4 is 0 Å². The molecular weight excluding hydrogens is 240 g/mol. The highest BCUT2D eigenvalue weighted by atomic mass is 16.7. The van der Waals surface area contributed by atoms with Gasteiger partial charge < -0.3 is 9.47 Å². The molecule has 0 saturated heterocycles. The maximum absolute atomic E-state index is 12.2. The lowest BCUT2D eigenvalue weighted by molar-refractivity contribution is -0.127. The van der Waals surface area contributed by atoms with Gasteiger partial charge in [0.05, 0.1) is 6.10 Å². The molecule has 1 aromatic rings. The molecule has 3 atom stereocenters. The second kappa shape index (κ2) is 5.27. The fraction of sp³-hybridized carbons (Fsp3) is 0.438. The third kappa shape index (κ3) is 2.36. The Balaban J connectivity index is 1.82. The van der Waals surface area contributed by atoms with Crippen molar-refractivity contribution in [2.45, 2.75) is 18.9 Å². The van der Waals surface area contributed by atoms with Crippen molar-refractivity contribution in [3.63, 3.8) is 0 Å². The van der Waals surface area contributed by atoms with Crippen LogP contribution in [0.5, 0.6) is 0 Å². The number of rotatable bonds is 4. The Morgan fingerprint density at radius 1 is 1.21 bits per heavy atom. The normalized spacial score (nSPS) is 29.4. The van der Waals surface area contributed by atoms with Crippen molar-refractivity contribution < 1.29 is 14.3 Å². The molecule has 0 N–H and O–H groups in total. The first kappa shape index (κ1) is 12.6. The fourth-order valence-electron chi connectivity index (χ4n) is 3.22. The van der Waals surface area contributed by atoms with E-state index in [0.717, 1.165) is 18.4 Å². The maximum Gasteiger partial charge on any atom is 0.161 e. The Kier molecular flexibility index (Phi) is 3.49. The average Bonchev–Trinajstić information content (AvgIpc) is 2.82. The highest BCUT2D eigenvalue weighted by Gasteiger charge is 2.43. The molecule has 0 spiro atoms. The van der Waals surface area contributed by atoms with E-state index in [1.807, 2.05) is 24.3 Å². The van der Waals surface area contributed by atoms with Crippen LogP contribution in [0.15, 0.2) is 36.4 Å². The number of hydrogen-bond donors (Lipinski definition) is 0. The van der Waals surface area contributed by atoms with Crippen LogP contribution in [0.3, 0.4) is 0 Å². The number of allylic oxidation sites excluding steroid dienone is 2. The molecule has 1 fully saturated rings. The van der Waals surface area contributed by atoms with Gasteiger partial charge in [-0.1, -0.05) is 30.3 Å². The number of fused-ring (bicyclic) bond motifs is 2. The molecule has 2 bridgehead atoms. The maximum atomic E-state index is 12.2. The molecular formula is C16H18O3. The summed E-state index contributed by atoms with van der Waals surface area (Å²) in [4.78, 5) is 12.2. The quantitative estimate of drug-likeness (QED) is 0.779. The van der Waals surface area contributed by atoms with Crippen LogP contribution in [-0.4, -0.2) is 25.8 Å². The second-order valence-electron chi connectivity index (χ2n) is 5.25. The smallest absolute Gasteiger partial charge is 0.161 e. The van der Waals surface area contributed by atoms with E-state index in [2.05, 4.69) is 12.1 Å². The lowest BCUT2D eigenvalue weighted by Crippen LogP contribution is -2.25. The van der Waals surface area contributed by atoms with Crippen LogP contribution in [0.25, 0.3) is 5.57 Å². The van der Waals surface area contributed by atoms with Gasteiger partial charge in [-0.15, -0.1) is 0 Å². The summed E-state index contributed by atoms with van der Waals surface area (Å²) >= 11 is 0. The molecule has 0 radical (unpaired) electrons. The lowest BCUT2D eigenvalue weighted by Gasteiger charge is -2.20. The van der Waals surface area contributed by atoms with Crippen LogP contribution in [-0.2, 0) is 14.3 Å². The first-order chi connectivity index (χ1) is 9.29. The molecule has 0 unspecified atom stereocenters. The van der Waals surface area contributed by atoms with E-state index in [1.165, 1.54) is 5.57 Å². The molecule has 2 aliphatic carbocycles. The van der Waals surface area contributed by atoms with E-state index in [9.17, 15) is 4.79 Å². The predicted octanol–water partition coefficient (Wildman–Crippen LogP) is 2.67. The zero-order valence-electron chi connectivity index (χ0n) is 11.0. The summed E-state index contributed by atoms with van der Waals surface area (Å²) < 4.78 is 10.6. The van der Waals surface area contributed by atoms with Gasteiger partial charge >= 0.3 is 0 Å². The van der Waals surface area contributed by atoms with E-state index >= 15 is 0 Å². The van der Waals surface area contributed by atoms with Gasteiger partial charge in [0, 0.05) is 13.0 Å². The average molecular weight is 258 g/mol. The van der Waals surface area contributed by atoms with Gasteiger partial charge in [-0.05, 0) is 36.0 Å². The highest BCUT2D eigenvalue weighted by molar-refractivity contribution is 6.01. The predicted molar refractivity (Wildman–Crippen MR) is 72.4 cm³/mol. The van der Waals surface area contributed by atoms with E-state index < -0.39 is 0 Å². The van der Waals surface area contributed by atoms with Gasteiger partial charge in [0.15, 0.2) is 5.78 Å². The largest absolute Gasteiger partial charge is 0.359 e. The number of methoxy groups -OCH3 is 1. The third-order valence-electron chi connectivity index (χ3n) is 4.11. The summed E-state index contributed by atoms with van der Waals surface area (Å²) in [5.74, 6) is 0.660. The molecule has 0 aromatic heterocycles. The monoisotopic (exact) mass is 258 g/mol. The first-order valence-corrected chi connectivity index (χ1v) is 6.71. The zero-order chi connectivity index (χ0) is 13.2. The minimum atomic E-state index is 0.00918.